The molecule has 1 aliphatic rings. The fraction of sp³-hybridized carbons (Fsp3) is 0.412. The minimum absolute atomic E-state index is 0. The van der Waals surface area contributed by atoms with E-state index < -0.39 is 0 Å². The molecule has 5 heteroatoms. The fourth-order valence-electron chi connectivity index (χ4n) is 2.63. The number of nitrogens with zero attached hydrogens (tertiary/aromatic N) is 4. The summed E-state index contributed by atoms with van der Waals surface area (Å²) >= 11 is 0. The maximum Gasteiger partial charge on any atom is 2.00 e. The molecule has 0 unspecified atom stereocenters. The van der Waals surface area contributed by atoms with Crippen LogP contribution >= 0.6 is 0 Å². The molecule has 0 aliphatic carbocycles. The predicted molar refractivity (Wildman–Crippen MR) is 85.5 cm³/mol. The van der Waals surface area contributed by atoms with Crippen molar-refractivity contribution in [2.75, 3.05) is 14.1 Å². The van der Waals surface area contributed by atoms with E-state index in [-0.39, 0.29) is 24.5 Å². The number of aromatic nitrogens is 2. The van der Waals surface area contributed by atoms with Gasteiger partial charge in [-0.1, -0.05) is 19.6 Å². The first-order valence-corrected chi connectivity index (χ1v) is 6.96. The Kier molecular flexibility index (Phi) is 7.17. The van der Waals surface area contributed by atoms with Crippen LogP contribution in [0, 0.1) is 0 Å². The molecular formula is C17H24MnN4+2. The van der Waals surface area contributed by atoms with Crippen molar-refractivity contribution in [1.29, 1.82) is 0 Å². The molecule has 0 amide bonds. The Morgan fingerprint density at radius 1 is 0.682 bits per heavy atom. The zero-order valence-electron chi connectivity index (χ0n) is 12.5. The molecule has 1 aliphatic heterocycles. The second kappa shape index (κ2) is 8.39. The van der Waals surface area contributed by atoms with Crippen LogP contribution in [0.4, 0.5) is 0 Å². The number of hydrogen-bond acceptors (Lipinski definition) is 4. The van der Waals surface area contributed by atoms with Crippen LogP contribution in [0.5, 0.6) is 0 Å². The van der Waals surface area contributed by atoms with Crippen LogP contribution in [0.25, 0.3) is 0 Å². The SMILES string of the molecule is C.CN1Cc2cccc(n2)CN(C)Cc2cccc(n2)C1.[Mn+2]. The Bertz CT molecular complexity index is 507. The summed E-state index contributed by atoms with van der Waals surface area (Å²) in [6.07, 6.45) is 0. The van der Waals surface area contributed by atoms with Crippen molar-refractivity contribution in [3.63, 3.8) is 0 Å². The van der Waals surface area contributed by atoms with E-state index in [2.05, 4.69) is 60.3 Å². The summed E-state index contributed by atoms with van der Waals surface area (Å²) in [6.45, 7) is 3.40. The van der Waals surface area contributed by atoms with Gasteiger partial charge in [0.1, 0.15) is 0 Å². The van der Waals surface area contributed by atoms with Gasteiger partial charge < -0.3 is 0 Å². The third-order valence-electron chi connectivity index (χ3n) is 3.46. The molecule has 2 aromatic rings. The normalized spacial score (nSPS) is 15.7. The van der Waals surface area contributed by atoms with Crippen LogP contribution in [-0.2, 0) is 43.2 Å². The zero-order chi connectivity index (χ0) is 13.9. The average molecular weight is 339 g/mol. The Hall–Kier alpha value is -1.26. The molecule has 0 aromatic carbocycles. The topological polar surface area (TPSA) is 32.3 Å². The summed E-state index contributed by atoms with van der Waals surface area (Å²) < 4.78 is 0. The summed E-state index contributed by atoms with van der Waals surface area (Å²) in [5.41, 5.74) is 4.48. The molecule has 4 bridgehead atoms. The Morgan fingerprint density at radius 2 is 0.955 bits per heavy atom. The van der Waals surface area contributed by atoms with Gasteiger partial charge in [0.25, 0.3) is 0 Å². The van der Waals surface area contributed by atoms with E-state index in [1.54, 1.807) is 0 Å². The Balaban J connectivity index is 0.00000121. The number of rotatable bonds is 0. The van der Waals surface area contributed by atoms with Crippen LogP contribution in [0.15, 0.2) is 36.4 Å². The minimum atomic E-state index is 0. The summed E-state index contributed by atoms with van der Waals surface area (Å²) in [4.78, 5) is 14.0. The van der Waals surface area contributed by atoms with E-state index in [1.807, 2.05) is 0 Å². The molecule has 0 saturated carbocycles. The van der Waals surface area contributed by atoms with Crippen molar-refractivity contribution >= 4 is 0 Å². The second-order valence-corrected chi connectivity index (χ2v) is 5.59. The van der Waals surface area contributed by atoms with Gasteiger partial charge in [-0.2, -0.15) is 0 Å². The molecule has 0 spiro atoms. The zero-order valence-corrected chi connectivity index (χ0v) is 13.6. The maximum atomic E-state index is 4.74. The van der Waals surface area contributed by atoms with Gasteiger partial charge >= 0.3 is 17.1 Å². The van der Waals surface area contributed by atoms with E-state index in [9.17, 15) is 0 Å². The first-order chi connectivity index (χ1) is 9.69. The van der Waals surface area contributed by atoms with Crippen LogP contribution in [0.3, 0.4) is 0 Å². The van der Waals surface area contributed by atoms with E-state index in [4.69, 9.17) is 9.97 Å². The van der Waals surface area contributed by atoms with E-state index in [1.165, 1.54) is 0 Å². The average Bonchev–Trinajstić information content (AvgIpc) is 2.38. The number of pyridine rings is 2. The van der Waals surface area contributed by atoms with E-state index in [0.717, 1.165) is 49.0 Å². The van der Waals surface area contributed by atoms with Gasteiger partial charge in [0.2, 0.25) is 0 Å². The first kappa shape index (κ1) is 18.8. The standard InChI is InChI=1S/C16H20N4.CH4.Mn/c1-19-9-13-5-3-7-15(17-13)11-20(2)12-16-8-4-6-14(10-19)18-16;;/h3-8H,9-12H2,1-2H3;1H4;/q;;+2. The van der Waals surface area contributed by atoms with Crippen LogP contribution in [0.2, 0.25) is 0 Å². The van der Waals surface area contributed by atoms with E-state index >= 15 is 0 Å². The van der Waals surface area contributed by atoms with E-state index in [0.29, 0.717) is 0 Å². The molecule has 2 aromatic heterocycles. The number of hydrogen-bond donors (Lipinski definition) is 0. The molecule has 117 valence electrons. The largest absolute Gasteiger partial charge is 2.00 e. The minimum Gasteiger partial charge on any atom is -0.295 e. The Morgan fingerprint density at radius 3 is 1.23 bits per heavy atom. The smallest absolute Gasteiger partial charge is 0.295 e. The monoisotopic (exact) mass is 339 g/mol. The quantitative estimate of drug-likeness (QED) is 0.691. The molecule has 1 radical (unpaired) electrons. The molecular weight excluding hydrogens is 315 g/mol. The van der Waals surface area contributed by atoms with Crippen LogP contribution in [-0.4, -0.2) is 33.9 Å². The first-order valence-electron chi connectivity index (χ1n) is 6.96. The molecule has 4 nitrogen and oxygen atoms in total. The van der Waals surface area contributed by atoms with Gasteiger partial charge in [0, 0.05) is 26.2 Å². The predicted octanol–water partition coefficient (Wildman–Crippen LogP) is 2.69. The van der Waals surface area contributed by atoms with Crippen molar-refractivity contribution in [1.82, 2.24) is 19.8 Å². The van der Waals surface area contributed by atoms with Crippen molar-refractivity contribution in [2.45, 2.75) is 33.6 Å². The summed E-state index contributed by atoms with van der Waals surface area (Å²) in [5.74, 6) is 0. The summed E-state index contributed by atoms with van der Waals surface area (Å²) in [5, 5.41) is 0. The fourth-order valence-corrected chi connectivity index (χ4v) is 2.63. The Labute approximate surface area is 144 Å². The molecule has 0 N–H and O–H groups in total. The molecule has 22 heavy (non-hydrogen) atoms. The van der Waals surface area contributed by atoms with Gasteiger partial charge in [0.05, 0.1) is 22.8 Å². The molecule has 0 atom stereocenters. The van der Waals surface area contributed by atoms with Gasteiger partial charge in [-0.15, -0.1) is 0 Å². The molecule has 3 rings (SSSR count). The summed E-state index contributed by atoms with van der Waals surface area (Å²) in [6, 6.07) is 12.6. The van der Waals surface area contributed by atoms with Gasteiger partial charge in [-0.05, 0) is 38.4 Å². The summed E-state index contributed by atoms with van der Waals surface area (Å²) in [7, 11) is 4.22. The molecule has 0 saturated heterocycles. The van der Waals surface area contributed by atoms with Crippen molar-refractivity contribution in [3.05, 3.63) is 59.2 Å². The van der Waals surface area contributed by atoms with Crippen LogP contribution in [0.1, 0.15) is 30.2 Å². The van der Waals surface area contributed by atoms with Crippen LogP contribution < -0.4 is 0 Å². The van der Waals surface area contributed by atoms with Gasteiger partial charge in [-0.3, -0.25) is 19.8 Å². The molecule has 0 fully saturated rings. The third-order valence-corrected chi connectivity index (χ3v) is 3.46. The molecule has 3 heterocycles. The van der Waals surface area contributed by atoms with Crippen molar-refractivity contribution in [3.8, 4) is 0 Å². The van der Waals surface area contributed by atoms with Crippen molar-refractivity contribution < 1.29 is 17.1 Å². The van der Waals surface area contributed by atoms with Gasteiger partial charge in [-0.25, -0.2) is 0 Å². The second-order valence-electron chi connectivity index (χ2n) is 5.59. The third kappa shape index (κ3) is 4.89. The number of fused-ring (bicyclic) bond motifs is 4. The van der Waals surface area contributed by atoms with Gasteiger partial charge in [0.15, 0.2) is 0 Å². The maximum absolute atomic E-state index is 4.74. The van der Waals surface area contributed by atoms with Crippen molar-refractivity contribution in [2.24, 2.45) is 0 Å².